The van der Waals surface area contributed by atoms with Crippen molar-refractivity contribution in [2.24, 2.45) is 0 Å². The fourth-order valence-electron chi connectivity index (χ4n) is 2.26. The molecule has 1 fully saturated rings. The molecule has 0 aliphatic carbocycles. The summed E-state index contributed by atoms with van der Waals surface area (Å²) in [7, 11) is 0. The van der Waals surface area contributed by atoms with Crippen molar-refractivity contribution in [2.45, 2.75) is 45.1 Å². The minimum Gasteiger partial charge on any atom is -0.396 e. The van der Waals surface area contributed by atoms with Crippen molar-refractivity contribution in [1.82, 2.24) is 10.2 Å². The van der Waals surface area contributed by atoms with E-state index >= 15 is 0 Å². The number of nitrogens with one attached hydrogen (secondary N) is 1. The lowest BCUT2D eigenvalue weighted by Gasteiger charge is -2.22. The Morgan fingerprint density at radius 3 is 3.00 bits per heavy atom. The van der Waals surface area contributed by atoms with Gasteiger partial charge in [-0.1, -0.05) is 6.92 Å². The normalized spacial score (nSPS) is 21.2. The average molecular weight is 228 g/mol. The molecule has 1 heterocycles. The van der Waals surface area contributed by atoms with Gasteiger partial charge in [-0.15, -0.1) is 0 Å². The molecule has 1 amide bonds. The lowest BCUT2D eigenvalue weighted by atomic mass is 10.2. The highest BCUT2D eigenvalue weighted by Gasteiger charge is 2.22. The van der Waals surface area contributed by atoms with Crippen LogP contribution in [0.1, 0.15) is 39.0 Å². The molecule has 0 saturated carbocycles. The van der Waals surface area contributed by atoms with Crippen molar-refractivity contribution in [2.75, 3.05) is 26.2 Å². The van der Waals surface area contributed by atoms with E-state index in [1.165, 1.54) is 19.4 Å². The molecule has 1 rings (SSSR count). The van der Waals surface area contributed by atoms with Crippen LogP contribution in [0.15, 0.2) is 0 Å². The van der Waals surface area contributed by atoms with Crippen LogP contribution in [-0.4, -0.2) is 48.2 Å². The lowest BCUT2D eigenvalue weighted by Crippen LogP contribution is -2.39. The molecule has 1 saturated heterocycles. The van der Waals surface area contributed by atoms with Crippen LogP contribution in [-0.2, 0) is 4.79 Å². The van der Waals surface area contributed by atoms with Gasteiger partial charge < -0.3 is 10.4 Å². The van der Waals surface area contributed by atoms with Crippen LogP contribution < -0.4 is 5.32 Å². The second kappa shape index (κ2) is 7.63. The Morgan fingerprint density at radius 2 is 2.31 bits per heavy atom. The third-order valence-corrected chi connectivity index (χ3v) is 3.25. The van der Waals surface area contributed by atoms with Gasteiger partial charge in [0.2, 0.25) is 5.91 Å². The zero-order valence-electron chi connectivity index (χ0n) is 10.2. The molecule has 0 aromatic rings. The lowest BCUT2D eigenvalue weighted by molar-refractivity contribution is -0.121. The monoisotopic (exact) mass is 228 g/mol. The molecule has 1 unspecified atom stereocenters. The number of nitrogens with zero attached hydrogens (tertiary/aromatic N) is 1. The van der Waals surface area contributed by atoms with E-state index in [0.717, 1.165) is 25.9 Å². The second-order valence-electron chi connectivity index (χ2n) is 4.41. The first-order valence-corrected chi connectivity index (χ1v) is 6.39. The van der Waals surface area contributed by atoms with Gasteiger partial charge in [-0.05, 0) is 38.8 Å². The summed E-state index contributed by atoms with van der Waals surface area (Å²) < 4.78 is 0. The van der Waals surface area contributed by atoms with Crippen molar-refractivity contribution < 1.29 is 9.90 Å². The van der Waals surface area contributed by atoms with Crippen LogP contribution in [0.3, 0.4) is 0 Å². The van der Waals surface area contributed by atoms with Gasteiger partial charge in [-0.2, -0.15) is 0 Å². The van der Waals surface area contributed by atoms with Crippen LogP contribution >= 0.6 is 0 Å². The maximum absolute atomic E-state index is 11.5. The average Bonchev–Trinajstić information content (AvgIpc) is 2.74. The fraction of sp³-hybridized carbons (Fsp3) is 0.917. The fourth-order valence-corrected chi connectivity index (χ4v) is 2.26. The second-order valence-corrected chi connectivity index (χ2v) is 4.41. The number of amides is 1. The molecule has 16 heavy (non-hydrogen) atoms. The molecule has 1 aliphatic heterocycles. The zero-order chi connectivity index (χ0) is 11.8. The van der Waals surface area contributed by atoms with Gasteiger partial charge in [0.05, 0.1) is 0 Å². The standard InChI is InChI=1S/C12H24N2O2/c1-2-14-8-5-6-11(14)10-13-12(16)7-3-4-9-15/h11,15H,2-10H2,1H3,(H,13,16). The van der Waals surface area contributed by atoms with Crippen molar-refractivity contribution in [1.29, 1.82) is 0 Å². The van der Waals surface area contributed by atoms with Crippen LogP contribution in [0.2, 0.25) is 0 Å². The van der Waals surface area contributed by atoms with Gasteiger partial charge >= 0.3 is 0 Å². The van der Waals surface area contributed by atoms with E-state index in [-0.39, 0.29) is 12.5 Å². The van der Waals surface area contributed by atoms with E-state index in [1.807, 2.05) is 0 Å². The van der Waals surface area contributed by atoms with Gasteiger partial charge in [0.25, 0.3) is 0 Å². The van der Waals surface area contributed by atoms with E-state index < -0.39 is 0 Å². The molecular formula is C12H24N2O2. The van der Waals surface area contributed by atoms with Crippen molar-refractivity contribution in [3.05, 3.63) is 0 Å². The summed E-state index contributed by atoms with van der Waals surface area (Å²) >= 11 is 0. The molecule has 4 nitrogen and oxygen atoms in total. The number of hydrogen-bond donors (Lipinski definition) is 2. The van der Waals surface area contributed by atoms with Crippen LogP contribution in [0, 0.1) is 0 Å². The van der Waals surface area contributed by atoms with E-state index in [9.17, 15) is 4.79 Å². The number of rotatable bonds is 7. The largest absolute Gasteiger partial charge is 0.396 e. The highest BCUT2D eigenvalue weighted by molar-refractivity contribution is 5.75. The first-order valence-electron chi connectivity index (χ1n) is 6.39. The first-order chi connectivity index (χ1) is 7.77. The van der Waals surface area contributed by atoms with Crippen LogP contribution in [0.5, 0.6) is 0 Å². The molecule has 0 aromatic heterocycles. The predicted octanol–water partition coefficient (Wildman–Crippen LogP) is 0.749. The molecule has 0 spiro atoms. The summed E-state index contributed by atoms with van der Waals surface area (Å²) in [5.74, 6) is 0.122. The summed E-state index contributed by atoms with van der Waals surface area (Å²) in [6.45, 7) is 5.37. The van der Waals surface area contributed by atoms with Crippen LogP contribution in [0.4, 0.5) is 0 Å². The molecule has 1 aliphatic rings. The SMILES string of the molecule is CCN1CCCC1CNC(=O)CCCCO. The number of likely N-dealkylation sites (tertiary alicyclic amines) is 1. The van der Waals surface area contributed by atoms with E-state index in [0.29, 0.717) is 12.5 Å². The number of likely N-dealkylation sites (N-methyl/N-ethyl adjacent to an activating group) is 1. The minimum atomic E-state index is 0.122. The molecule has 0 bridgehead atoms. The third-order valence-electron chi connectivity index (χ3n) is 3.25. The summed E-state index contributed by atoms with van der Waals surface area (Å²) in [5.41, 5.74) is 0. The Morgan fingerprint density at radius 1 is 1.50 bits per heavy atom. The maximum atomic E-state index is 11.5. The summed E-state index contributed by atoms with van der Waals surface area (Å²) in [5, 5.41) is 11.6. The van der Waals surface area contributed by atoms with Gasteiger partial charge in [-0.3, -0.25) is 9.69 Å². The number of unbranched alkanes of at least 4 members (excludes halogenated alkanes) is 1. The Balaban J connectivity index is 2.11. The summed E-state index contributed by atoms with van der Waals surface area (Å²) in [6.07, 6.45) is 4.49. The summed E-state index contributed by atoms with van der Waals surface area (Å²) in [4.78, 5) is 13.9. The number of carbonyl (C=O) groups excluding carboxylic acids is 1. The number of aliphatic hydroxyl groups is 1. The Kier molecular flexibility index (Phi) is 6.42. The van der Waals surface area contributed by atoms with E-state index in [1.54, 1.807) is 0 Å². The van der Waals surface area contributed by atoms with Crippen molar-refractivity contribution >= 4 is 5.91 Å². The minimum absolute atomic E-state index is 0.122. The summed E-state index contributed by atoms with van der Waals surface area (Å²) in [6, 6.07) is 0.534. The Bertz CT molecular complexity index is 209. The number of carbonyl (C=O) groups is 1. The Labute approximate surface area is 98.0 Å². The molecule has 0 aromatic carbocycles. The molecular weight excluding hydrogens is 204 g/mol. The molecule has 94 valence electrons. The van der Waals surface area contributed by atoms with Gasteiger partial charge in [0.15, 0.2) is 0 Å². The van der Waals surface area contributed by atoms with Crippen molar-refractivity contribution in [3.8, 4) is 0 Å². The predicted molar refractivity (Wildman–Crippen MR) is 64.2 cm³/mol. The maximum Gasteiger partial charge on any atom is 0.220 e. The molecule has 2 N–H and O–H groups in total. The topological polar surface area (TPSA) is 52.6 Å². The highest BCUT2D eigenvalue weighted by atomic mass is 16.2. The highest BCUT2D eigenvalue weighted by Crippen LogP contribution is 2.15. The third kappa shape index (κ3) is 4.49. The smallest absolute Gasteiger partial charge is 0.220 e. The number of aliphatic hydroxyl groups excluding tert-OH is 1. The van der Waals surface area contributed by atoms with Gasteiger partial charge in [-0.25, -0.2) is 0 Å². The Hall–Kier alpha value is -0.610. The number of hydrogen-bond acceptors (Lipinski definition) is 3. The van der Waals surface area contributed by atoms with E-state index in [4.69, 9.17) is 5.11 Å². The molecule has 0 radical (unpaired) electrons. The van der Waals surface area contributed by atoms with Gasteiger partial charge in [0.1, 0.15) is 0 Å². The molecule has 1 atom stereocenters. The first kappa shape index (κ1) is 13.5. The van der Waals surface area contributed by atoms with Gasteiger partial charge in [0, 0.05) is 25.6 Å². The zero-order valence-corrected chi connectivity index (χ0v) is 10.2. The molecule has 4 heteroatoms. The quantitative estimate of drug-likeness (QED) is 0.632. The van der Waals surface area contributed by atoms with E-state index in [2.05, 4.69) is 17.1 Å². The van der Waals surface area contributed by atoms with Crippen molar-refractivity contribution in [3.63, 3.8) is 0 Å². The van der Waals surface area contributed by atoms with Crippen LogP contribution in [0.25, 0.3) is 0 Å².